The van der Waals surface area contributed by atoms with Crippen molar-refractivity contribution in [2.45, 2.75) is 34.6 Å². The van der Waals surface area contributed by atoms with Crippen LogP contribution in [0.2, 0.25) is 0 Å². The Morgan fingerprint density at radius 3 is 1.58 bits per heavy atom. The van der Waals surface area contributed by atoms with Crippen molar-refractivity contribution in [2.24, 2.45) is 5.10 Å². The van der Waals surface area contributed by atoms with E-state index in [4.69, 9.17) is 0 Å². The molecule has 0 spiro atoms. The molecule has 74 valence electrons. The van der Waals surface area contributed by atoms with Crippen LogP contribution in [0.25, 0.3) is 0 Å². The Balaban J connectivity index is -0.000000175. The largest absolute Gasteiger partial charge is 0.303 e. The van der Waals surface area contributed by atoms with E-state index in [1.54, 1.807) is 11.1 Å². The Bertz CT molecular complexity index is 104. The molecule has 0 amide bonds. The second-order valence-corrected chi connectivity index (χ2v) is 1.79. The van der Waals surface area contributed by atoms with Gasteiger partial charge in [0.1, 0.15) is 0 Å². The fourth-order valence-electron chi connectivity index (χ4n) is 0.356. The van der Waals surface area contributed by atoms with E-state index >= 15 is 0 Å². The lowest BCUT2D eigenvalue weighted by molar-refractivity contribution is 0.438. The Labute approximate surface area is 78.0 Å². The Kier molecular flexibility index (Phi) is 24.1. The first kappa shape index (κ1) is 17.3. The van der Waals surface area contributed by atoms with Gasteiger partial charge in [0, 0.05) is 14.1 Å². The number of hydrogen-bond acceptors (Lipinski definition) is 2. The minimum atomic E-state index is 0.940. The second-order valence-electron chi connectivity index (χ2n) is 1.79. The fraction of sp³-hybridized carbons (Fsp3) is 0.700. The van der Waals surface area contributed by atoms with Crippen molar-refractivity contribution < 1.29 is 0 Å². The molecule has 0 unspecified atom stereocenters. The molecule has 0 rings (SSSR count). The van der Waals surface area contributed by atoms with Gasteiger partial charge in [-0.1, -0.05) is 34.3 Å². The zero-order valence-corrected chi connectivity index (χ0v) is 9.68. The monoisotopic (exact) mass is 172 g/mol. The predicted octanol–water partition coefficient (Wildman–Crippen LogP) is 3.16. The Morgan fingerprint density at radius 1 is 1.17 bits per heavy atom. The summed E-state index contributed by atoms with van der Waals surface area (Å²) in [5.41, 5.74) is 0.940. The smallest absolute Gasteiger partial charge is 0.0568 e. The van der Waals surface area contributed by atoms with Crippen LogP contribution in [0.1, 0.15) is 34.6 Å². The number of hydrazone groups is 1. The standard InChI is InChI=1S/C6H12N2.2C2H6/c1-5-6(2)7-8(3)4;2*1-2/h5H,1H2,2-4H3;2*1-2H3/b7-6-;;. The SMILES string of the molecule is C=C/C(C)=N\N(C)C.CC.CC. The van der Waals surface area contributed by atoms with Gasteiger partial charge in [0.25, 0.3) is 0 Å². The van der Waals surface area contributed by atoms with E-state index in [0.717, 1.165) is 5.71 Å². The maximum atomic E-state index is 4.03. The molecule has 0 aromatic heterocycles. The quantitative estimate of drug-likeness (QED) is 0.461. The molecule has 0 bridgehead atoms. The van der Waals surface area contributed by atoms with Crippen molar-refractivity contribution >= 4 is 5.71 Å². The van der Waals surface area contributed by atoms with Gasteiger partial charge in [-0.25, -0.2) is 0 Å². The predicted molar refractivity (Wildman–Crippen MR) is 59.7 cm³/mol. The molecule has 0 aliphatic carbocycles. The molecule has 2 heteroatoms. The maximum absolute atomic E-state index is 4.03. The average Bonchev–Trinajstić information content (AvgIpc) is 2.10. The molecule has 0 aliphatic heterocycles. The molecule has 0 aromatic rings. The van der Waals surface area contributed by atoms with E-state index in [0.29, 0.717) is 0 Å². The van der Waals surface area contributed by atoms with Crippen molar-refractivity contribution in [3.05, 3.63) is 12.7 Å². The summed E-state index contributed by atoms with van der Waals surface area (Å²) in [7, 11) is 3.76. The fourth-order valence-corrected chi connectivity index (χ4v) is 0.356. The van der Waals surface area contributed by atoms with Crippen LogP contribution < -0.4 is 0 Å². The number of allylic oxidation sites excluding steroid dienone is 1. The van der Waals surface area contributed by atoms with Crippen LogP contribution in [-0.2, 0) is 0 Å². The van der Waals surface area contributed by atoms with Crippen LogP contribution in [0.3, 0.4) is 0 Å². The highest BCUT2D eigenvalue weighted by molar-refractivity contribution is 5.91. The lowest BCUT2D eigenvalue weighted by atomic mass is 10.4. The summed E-state index contributed by atoms with van der Waals surface area (Å²) in [5.74, 6) is 0. The van der Waals surface area contributed by atoms with Crippen LogP contribution in [0, 0.1) is 0 Å². The van der Waals surface area contributed by atoms with Crippen LogP contribution in [0.4, 0.5) is 0 Å². The molecule has 0 atom stereocenters. The molecule has 0 N–H and O–H groups in total. The van der Waals surface area contributed by atoms with Crippen LogP contribution in [-0.4, -0.2) is 24.8 Å². The molecule has 0 saturated heterocycles. The highest BCUT2D eigenvalue weighted by atomic mass is 15.4. The zero-order chi connectivity index (χ0) is 10.6. The van der Waals surface area contributed by atoms with Crippen LogP contribution >= 0.6 is 0 Å². The summed E-state index contributed by atoms with van der Waals surface area (Å²) >= 11 is 0. The summed E-state index contributed by atoms with van der Waals surface area (Å²) in [6.45, 7) is 13.5. The van der Waals surface area contributed by atoms with Gasteiger partial charge in [-0.05, 0) is 13.0 Å². The lowest BCUT2D eigenvalue weighted by Crippen LogP contribution is -2.04. The average molecular weight is 172 g/mol. The Hall–Kier alpha value is -0.790. The van der Waals surface area contributed by atoms with Gasteiger partial charge in [0.15, 0.2) is 0 Å². The van der Waals surface area contributed by atoms with Gasteiger partial charge in [0.05, 0.1) is 5.71 Å². The highest BCUT2D eigenvalue weighted by Crippen LogP contribution is 1.80. The van der Waals surface area contributed by atoms with E-state index in [9.17, 15) is 0 Å². The Morgan fingerprint density at radius 2 is 1.50 bits per heavy atom. The van der Waals surface area contributed by atoms with Gasteiger partial charge in [-0.2, -0.15) is 5.10 Å². The molecule has 2 nitrogen and oxygen atoms in total. The van der Waals surface area contributed by atoms with E-state index in [1.165, 1.54) is 0 Å². The summed E-state index contributed by atoms with van der Waals surface area (Å²) in [6.07, 6.45) is 1.72. The third-order valence-electron chi connectivity index (χ3n) is 0.653. The summed E-state index contributed by atoms with van der Waals surface area (Å²) in [6, 6.07) is 0. The third-order valence-corrected chi connectivity index (χ3v) is 0.653. The van der Waals surface area contributed by atoms with Crippen molar-refractivity contribution in [1.82, 2.24) is 5.01 Å². The third kappa shape index (κ3) is 22.9. The molecular weight excluding hydrogens is 148 g/mol. The molecule has 0 radical (unpaired) electrons. The summed E-state index contributed by atoms with van der Waals surface area (Å²) in [4.78, 5) is 0. The molecule has 0 aliphatic rings. The van der Waals surface area contributed by atoms with Crippen LogP contribution in [0.15, 0.2) is 17.8 Å². The van der Waals surface area contributed by atoms with Gasteiger partial charge < -0.3 is 5.01 Å². The molecule has 12 heavy (non-hydrogen) atoms. The van der Waals surface area contributed by atoms with Crippen molar-refractivity contribution in [3.63, 3.8) is 0 Å². The van der Waals surface area contributed by atoms with Crippen molar-refractivity contribution in [3.8, 4) is 0 Å². The molecule has 0 heterocycles. The van der Waals surface area contributed by atoms with Crippen molar-refractivity contribution in [2.75, 3.05) is 14.1 Å². The highest BCUT2D eigenvalue weighted by Gasteiger charge is 1.79. The topological polar surface area (TPSA) is 15.6 Å². The minimum Gasteiger partial charge on any atom is -0.303 e. The normalized spacial score (nSPS) is 8.42. The minimum absolute atomic E-state index is 0.940. The maximum Gasteiger partial charge on any atom is 0.0568 e. The first-order valence-electron chi connectivity index (χ1n) is 4.51. The molecule has 0 saturated carbocycles. The lowest BCUT2D eigenvalue weighted by Gasteiger charge is -2.02. The van der Waals surface area contributed by atoms with E-state index in [1.807, 2.05) is 48.7 Å². The van der Waals surface area contributed by atoms with E-state index in [2.05, 4.69) is 11.7 Å². The number of rotatable bonds is 2. The van der Waals surface area contributed by atoms with Gasteiger partial charge >= 0.3 is 0 Å². The first-order valence-corrected chi connectivity index (χ1v) is 4.51. The molecule has 0 aromatic carbocycles. The van der Waals surface area contributed by atoms with Crippen LogP contribution in [0.5, 0.6) is 0 Å². The zero-order valence-electron chi connectivity index (χ0n) is 9.68. The second kappa shape index (κ2) is 16.7. The van der Waals surface area contributed by atoms with E-state index < -0.39 is 0 Å². The van der Waals surface area contributed by atoms with E-state index in [-0.39, 0.29) is 0 Å². The number of nitrogens with zero attached hydrogens (tertiary/aromatic N) is 2. The summed E-state index contributed by atoms with van der Waals surface area (Å²) < 4.78 is 0. The van der Waals surface area contributed by atoms with Gasteiger partial charge in [-0.3, -0.25) is 0 Å². The molecular formula is C10H24N2. The number of hydrogen-bond donors (Lipinski definition) is 0. The summed E-state index contributed by atoms with van der Waals surface area (Å²) in [5, 5.41) is 5.77. The first-order chi connectivity index (χ1) is 5.66. The van der Waals surface area contributed by atoms with Gasteiger partial charge in [-0.15, -0.1) is 0 Å². The van der Waals surface area contributed by atoms with Gasteiger partial charge in [0.2, 0.25) is 0 Å². The molecule has 0 fully saturated rings. The van der Waals surface area contributed by atoms with Crippen molar-refractivity contribution in [1.29, 1.82) is 0 Å².